The molecule has 0 radical (unpaired) electrons. The van der Waals surface area contributed by atoms with Crippen molar-refractivity contribution in [2.45, 2.75) is 20.8 Å². The second-order valence-corrected chi connectivity index (χ2v) is 3.78. The SMILES string of the molecule is CCOC(=O)/C(C)=C(/C)c1cccc([N+](=O)[O-])c1. The number of non-ortho nitro benzene ring substituents is 1. The molecule has 0 fully saturated rings. The Morgan fingerprint density at radius 1 is 1.39 bits per heavy atom. The Bertz CT molecular complexity index is 505. The molecule has 0 aromatic heterocycles. The number of nitro groups is 1. The molecule has 0 unspecified atom stereocenters. The van der Waals surface area contributed by atoms with Gasteiger partial charge in [-0.15, -0.1) is 0 Å². The fourth-order valence-corrected chi connectivity index (χ4v) is 1.46. The molecule has 0 atom stereocenters. The van der Waals surface area contributed by atoms with Crippen LogP contribution < -0.4 is 0 Å². The van der Waals surface area contributed by atoms with E-state index in [0.717, 1.165) is 0 Å². The molecule has 0 N–H and O–H groups in total. The molecule has 0 saturated heterocycles. The lowest BCUT2D eigenvalue weighted by molar-refractivity contribution is -0.384. The van der Waals surface area contributed by atoms with Gasteiger partial charge in [-0.1, -0.05) is 12.1 Å². The summed E-state index contributed by atoms with van der Waals surface area (Å²) < 4.78 is 4.89. The van der Waals surface area contributed by atoms with E-state index in [0.29, 0.717) is 23.3 Å². The number of rotatable bonds is 4. The van der Waals surface area contributed by atoms with Gasteiger partial charge in [-0.3, -0.25) is 10.1 Å². The standard InChI is InChI=1S/C13H15NO4/c1-4-18-13(15)10(3)9(2)11-6-5-7-12(8-11)14(16)17/h5-8H,4H2,1-3H3/b10-9-. The minimum atomic E-state index is -0.462. The molecule has 0 aliphatic heterocycles. The van der Waals surface area contributed by atoms with Crippen LogP contribution in [0.15, 0.2) is 29.8 Å². The second kappa shape index (κ2) is 5.95. The van der Waals surface area contributed by atoms with Crippen LogP contribution in [0.3, 0.4) is 0 Å². The highest BCUT2D eigenvalue weighted by Gasteiger charge is 2.12. The maximum atomic E-state index is 11.6. The number of allylic oxidation sites excluding steroid dienone is 1. The molecule has 0 aliphatic rings. The van der Waals surface area contributed by atoms with Gasteiger partial charge in [0, 0.05) is 17.7 Å². The highest BCUT2D eigenvalue weighted by molar-refractivity contribution is 5.96. The predicted octanol–water partition coefficient (Wildman–Crippen LogP) is 2.95. The van der Waals surface area contributed by atoms with E-state index in [1.54, 1.807) is 32.9 Å². The number of carbonyl (C=O) groups is 1. The van der Waals surface area contributed by atoms with E-state index < -0.39 is 10.9 Å². The van der Waals surface area contributed by atoms with E-state index in [1.807, 2.05) is 0 Å². The van der Waals surface area contributed by atoms with Crippen LogP contribution in [0.5, 0.6) is 0 Å². The first-order valence-electron chi connectivity index (χ1n) is 5.56. The molecule has 96 valence electrons. The average Bonchev–Trinajstić information content (AvgIpc) is 2.37. The summed E-state index contributed by atoms with van der Waals surface area (Å²) in [7, 11) is 0. The molecule has 5 heteroatoms. The summed E-state index contributed by atoms with van der Waals surface area (Å²) in [6.45, 7) is 5.42. The molecule has 5 nitrogen and oxygen atoms in total. The molecule has 1 rings (SSSR count). The van der Waals surface area contributed by atoms with Crippen molar-refractivity contribution < 1.29 is 14.5 Å². The van der Waals surface area contributed by atoms with Gasteiger partial charge in [0.15, 0.2) is 0 Å². The first-order valence-corrected chi connectivity index (χ1v) is 5.56. The lowest BCUT2D eigenvalue weighted by Crippen LogP contribution is -2.06. The molecule has 0 amide bonds. The number of nitro benzene ring substituents is 1. The van der Waals surface area contributed by atoms with Gasteiger partial charge < -0.3 is 4.74 Å². The van der Waals surface area contributed by atoms with Crippen LogP contribution in [0.2, 0.25) is 0 Å². The van der Waals surface area contributed by atoms with Gasteiger partial charge in [0.2, 0.25) is 0 Å². The average molecular weight is 249 g/mol. The predicted molar refractivity (Wildman–Crippen MR) is 68.0 cm³/mol. The molecular weight excluding hydrogens is 234 g/mol. The van der Waals surface area contributed by atoms with Crippen LogP contribution >= 0.6 is 0 Å². The van der Waals surface area contributed by atoms with Crippen molar-refractivity contribution in [1.82, 2.24) is 0 Å². The Labute approximate surface area is 105 Å². The molecule has 0 bridgehead atoms. The summed E-state index contributed by atoms with van der Waals surface area (Å²) in [5.74, 6) is -0.401. The largest absolute Gasteiger partial charge is 0.463 e. The Morgan fingerprint density at radius 2 is 2.06 bits per heavy atom. The van der Waals surface area contributed by atoms with Crippen molar-refractivity contribution in [1.29, 1.82) is 0 Å². The minimum Gasteiger partial charge on any atom is -0.463 e. The third-order valence-electron chi connectivity index (χ3n) is 2.63. The van der Waals surface area contributed by atoms with Crippen molar-refractivity contribution >= 4 is 17.2 Å². The lowest BCUT2D eigenvalue weighted by atomic mass is 10.0. The summed E-state index contributed by atoms with van der Waals surface area (Å²) in [6.07, 6.45) is 0. The van der Waals surface area contributed by atoms with Crippen LogP contribution in [0.4, 0.5) is 5.69 Å². The lowest BCUT2D eigenvalue weighted by Gasteiger charge is -2.07. The smallest absolute Gasteiger partial charge is 0.333 e. The Kier molecular flexibility index (Phi) is 4.59. The molecule has 0 heterocycles. The van der Waals surface area contributed by atoms with E-state index in [4.69, 9.17) is 4.74 Å². The molecule has 0 aliphatic carbocycles. The molecule has 18 heavy (non-hydrogen) atoms. The van der Waals surface area contributed by atoms with Crippen molar-refractivity contribution in [3.05, 3.63) is 45.5 Å². The van der Waals surface area contributed by atoms with Crippen LogP contribution in [0.25, 0.3) is 5.57 Å². The third-order valence-corrected chi connectivity index (χ3v) is 2.63. The molecule has 1 aromatic rings. The van der Waals surface area contributed by atoms with Gasteiger partial charge in [0.05, 0.1) is 11.5 Å². The molecular formula is C13H15NO4. The summed E-state index contributed by atoms with van der Waals surface area (Å²) in [5.41, 5.74) is 1.78. The van der Waals surface area contributed by atoms with E-state index in [9.17, 15) is 14.9 Å². The number of ether oxygens (including phenoxy) is 1. The number of carbonyl (C=O) groups excluding carboxylic acids is 1. The van der Waals surface area contributed by atoms with Gasteiger partial charge in [-0.05, 0) is 31.9 Å². The number of hydrogen-bond donors (Lipinski definition) is 0. The maximum absolute atomic E-state index is 11.6. The van der Waals surface area contributed by atoms with Crippen molar-refractivity contribution in [3.8, 4) is 0 Å². The van der Waals surface area contributed by atoms with Gasteiger partial charge in [0.25, 0.3) is 5.69 Å². The zero-order valence-corrected chi connectivity index (χ0v) is 10.6. The van der Waals surface area contributed by atoms with Gasteiger partial charge in [-0.25, -0.2) is 4.79 Å². The number of hydrogen-bond acceptors (Lipinski definition) is 4. The van der Waals surface area contributed by atoms with Crippen molar-refractivity contribution in [2.75, 3.05) is 6.61 Å². The maximum Gasteiger partial charge on any atom is 0.333 e. The Morgan fingerprint density at radius 3 is 2.61 bits per heavy atom. The summed E-state index contributed by atoms with van der Waals surface area (Å²) >= 11 is 0. The quantitative estimate of drug-likeness (QED) is 0.356. The van der Waals surface area contributed by atoms with Crippen LogP contribution in [-0.4, -0.2) is 17.5 Å². The monoisotopic (exact) mass is 249 g/mol. The molecule has 1 aromatic carbocycles. The number of nitrogens with zero attached hydrogens (tertiary/aromatic N) is 1. The topological polar surface area (TPSA) is 69.4 Å². The van der Waals surface area contributed by atoms with Crippen molar-refractivity contribution in [2.24, 2.45) is 0 Å². The third kappa shape index (κ3) is 3.16. The Balaban J connectivity index is 3.13. The summed E-state index contributed by atoms with van der Waals surface area (Å²) in [6, 6.07) is 6.18. The number of benzene rings is 1. The fraction of sp³-hybridized carbons (Fsp3) is 0.308. The summed E-state index contributed by atoms with van der Waals surface area (Å²) in [5, 5.41) is 10.7. The van der Waals surface area contributed by atoms with E-state index in [-0.39, 0.29) is 5.69 Å². The first kappa shape index (κ1) is 13.9. The molecule has 0 spiro atoms. The van der Waals surface area contributed by atoms with Crippen LogP contribution in [-0.2, 0) is 9.53 Å². The highest BCUT2D eigenvalue weighted by atomic mass is 16.6. The van der Waals surface area contributed by atoms with Crippen molar-refractivity contribution in [3.63, 3.8) is 0 Å². The molecule has 0 saturated carbocycles. The van der Waals surface area contributed by atoms with Gasteiger partial charge in [0.1, 0.15) is 0 Å². The van der Waals surface area contributed by atoms with Crippen LogP contribution in [0.1, 0.15) is 26.3 Å². The summed E-state index contributed by atoms with van der Waals surface area (Å²) in [4.78, 5) is 21.8. The highest BCUT2D eigenvalue weighted by Crippen LogP contribution is 2.22. The minimum absolute atomic E-state index is 0.00325. The van der Waals surface area contributed by atoms with E-state index in [2.05, 4.69) is 0 Å². The van der Waals surface area contributed by atoms with Crippen LogP contribution in [0, 0.1) is 10.1 Å². The van der Waals surface area contributed by atoms with E-state index >= 15 is 0 Å². The van der Waals surface area contributed by atoms with Gasteiger partial charge in [-0.2, -0.15) is 0 Å². The normalized spacial score (nSPS) is 11.7. The zero-order chi connectivity index (χ0) is 13.7. The Hall–Kier alpha value is -2.17. The fourth-order valence-electron chi connectivity index (χ4n) is 1.46. The van der Waals surface area contributed by atoms with E-state index in [1.165, 1.54) is 12.1 Å². The second-order valence-electron chi connectivity index (χ2n) is 3.78. The first-order chi connectivity index (χ1) is 8.47. The van der Waals surface area contributed by atoms with Gasteiger partial charge >= 0.3 is 5.97 Å². The zero-order valence-electron chi connectivity index (χ0n) is 10.6. The number of esters is 1.